The van der Waals surface area contributed by atoms with E-state index in [0.717, 1.165) is 44.9 Å². The van der Waals surface area contributed by atoms with Gasteiger partial charge < -0.3 is 30.4 Å². The van der Waals surface area contributed by atoms with Gasteiger partial charge in [-0.15, -0.1) is 0 Å². The summed E-state index contributed by atoms with van der Waals surface area (Å²) in [5.74, 6) is 0.324. The Labute approximate surface area is 226 Å². The van der Waals surface area contributed by atoms with Gasteiger partial charge in [-0.3, -0.25) is 4.79 Å². The number of nitrogens with one attached hydrogen (secondary N) is 1. The number of carbonyl (C=O) groups excluding carboxylic acids is 2. The summed E-state index contributed by atoms with van der Waals surface area (Å²) in [6.45, 7) is 10.0. The zero-order valence-corrected chi connectivity index (χ0v) is 23.1. The van der Waals surface area contributed by atoms with Crippen molar-refractivity contribution in [1.29, 1.82) is 0 Å². The number of ether oxygens (including phenoxy) is 3. The lowest BCUT2D eigenvalue weighted by molar-refractivity contribution is -0.147. The Morgan fingerprint density at radius 3 is 2.63 bits per heavy atom. The molecule has 1 amide bonds. The number of phenolic OH excluding ortho intramolecular Hbond substituents is 1. The van der Waals surface area contributed by atoms with E-state index in [2.05, 4.69) is 24.9 Å². The molecular formula is C30H44N2O6. The summed E-state index contributed by atoms with van der Waals surface area (Å²) < 4.78 is 16.6. The highest BCUT2D eigenvalue weighted by Crippen LogP contribution is 2.43. The first-order chi connectivity index (χ1) is 18.1. The van der Waals surface area contributed by atoms with Crippen LogP contribution in [0.1, 0.15) is 96.5 Å². The molecule has 1 fully saturated rings. The summed E-state index contributed by atoms with van der Waals surface area (Å²) in [5, 5.41) is 13.6. The van der Waals surface area contributed by atoms with Gasteiger partial charge >= 0.3 is 12.1 Å². The summed E-state index contributed by atoms with van der Waals surface area (Å²) in [6, 6.07) is 3.01. The van der Waals surface area contributed by atoms with E-state index in [1.54, 1.807) is 6.07 Å². The second-order valence-corrected chi connectivity index (χ2v) is 11.5. The number of hydrogen-bond acceptors (Lipinski definition) is 7. The van der Waals surface area contributed by atoms with Crippen molar-refractivity contribution < 1.29 is 28.9 Å². The van der Waals surface area contributed by atoms with Crippen molar-refractivity contribution in [3.8, 4) is 17.2 Å². The third-order valence-corrected chi connectivity index (χ3v) is 7.75. The summed E-state index contributed by atoms with van der Waals surface area (Å²) in [4.78, 5) is 25.1. The van der Waals surface area contributed by atoms with Gasteiger partial charge in [-0.2, -0.15) is 0 Å². The number of benzene rings is 1. The monoisotopic (exact) mass is 528 g/mol. The van der Waals surface area contributed by atoms with E-state index in [1.807, 2.05) is 13.8 Å². The minimum atomic E-state index is -0.694. The second-order valence-electron chi connectivity index (χ2n) is 11.5. The normalized spacial score (nSPS) is 19.2. The van der Waals surface area contributed by atoms with E-state index in [0.29, 0.717) is 30.7 Å². The van der Waals surface area contributed by atoms with E-state index in [9.17, 15) is 14.7 Å². The maximum Gasteiger partial charge on any atom is 0.413 e. The van der Waals surface area contributed by atoms with Crippen molar-refractivity contribution in [2.24, 2.45) is 11.1 Å². The molecular weight excluding hydrogens is 484 g/mol. The van der Waals surface area contributed by atoms with Gasteiger partial charge in [0.1, 0.15) is 17.2 Å². The molecule has 8 heteroatoms. The minimum absolute atomic E-state index is 0.00230. The van der Waals surface area contributed by atoms with Crippen LogP contribution in [0.2, 0.25) is 0 Å². The standard InChI is InChI=1S/C30H44N2O6/c1-5-36-25-18-23(17-24(33)27(25)22-11-9-10-21(2)16-22)38-28(35)32-29(3,4)14-15-37-26(34)19-30(20-31)12-7-6-8-13-30/h5,16-18,22,33H,1,6-15,19-20,31H2,2-4H3,(H,32,35). The summed E-state index contributed by atoms with van der Waals surface area (Å²) in [7, 11) is 0. The van der Waals surface area contributed by atoms with Crippen LogP contribution in [-0.4, -0.2) is 35.9 Å². The molecule has 0 aromatic heterocycles. The summed E-state index contributed by atoms with van der Waals surface area (Å²) >= 11 is 0. The predicted octanol–water partition coefficient (Wildman–Crippen LogP) is 6.23. The van der Waals surface area contributed by atoms with E-state index >= 15 is 0 Å². The Balaban J connectivity index is 1.55. The van der Waals surface area contributed by atoms with Crippen LogP contribution >= 0.6 is 0 Å². The van der Waals surface area contributed by atoms with Gasteiger partial charge in [-0.1, -0.05) is 37.5 Å². The number of carbonyl (C=O) groups is 2. The van der Waals surface area contributed by atoms with E-state index in [1.165, 1.54) is 24.3 Å². The van der Waals surface area contributed by atoms with Gasteiger partial charge in [0.05, 0.1) is 19.3 Å². The number of phenols is 1. The highest BCUT2D eigenvalue weighted by atomic mass is 16.6. The molecule has 210 valence electrons. The smallest absolute Gasteiger partial charge is 0.413 e. The Kier molecular flexibility index (Phi) is 10.3. The molecule has 1 unspecified atom stereocenters. The van der Waals surface area contributed by atoms with Crippen LogP contribution in [0.4, 0.5) is 4.79 Å². The lowest BCUT2D eigenvalue weighted by atomic mass is 9.72. The molecule has 1 aromatic rings. The molecule has 38 heavy (non-hydrogen) atoms. The van der Waals surface area contributed by atoms with Crippen LogP contribution < -0.4 is 20.5 Å². The number of aromatic hydroxyl groups is 1. The van der Waals surface area contributed by atoms with Gasteiger partial charge in [0.2, 0.25) is 0 Å². The topological polar surface area (TPSA) is 120 Å². The summed E-state index contributed by atoms with van der Waals surface area (Å²) in [6.07, 6.45) is 11.8. The molecule has 1 saturated carbocycles. The molecule has 2 aliphatic carbocycles. The van der Waals surface area contributed by atoms with Crippen molar-refractivity contribution in [2.45, 2.75) is 96.4 Å². The molecule has 0 heterocycles. The average Bonchev–Trinajstić information content (AvgIpc) is 2.84. The Bertz CT molecular complexity index is 1030. The first-order valence-corrected chi connectivity index (χ1v) is 13.7. The summed E-state index contributed by atoms with van der Waals surface area (Å²) in [5.41, 5.74) is 7.08. The quantitative estimate of drug-likeness (QED) is 0.177. The van der Waals surface area contributed by atoms with E-state index in [-0.39, 0.29) is 35.4 Å². The van der Waals surface area contributed by atoms with E-state index < -0.39 is 11.6 Å². The van der Waals surface area contributed by atoms with Crippen LogP contribution in [-0.2, 0) is 9.53 Å². The van der Waals surface area contributed by atoms with Crippen molar-refractivity contribution in [2.75, 3.05) is 13.2 Å². The maximum atomic E-state index is 12.7. The lowest BCUT2D eigenvalue weighted by Gasteiger charge is -2.35. The minimum Gasteiger partial charge on any atom is -0.507 e. The van der Waals surface area contributed by atoms with Crippen LogP contribution in [0.15, 0.2) is 36.6 Å². The number of rotatable bonds is 11. The van der Waals surface area contributed by atoms with Crippen LogP contribution in [0.25, 0.3) is 0 Å². The van der Waals surface area contributed by atoms with Gasteiger partial charge in [0.25, 0.3) is 0 Å². The molecule has 4 N–H and O–H groups in total. The highest BCUT2D eigenvalue weighted by Gasteiger charge is 2.34. The second kappa shape index (κ2) is 13.2. The van der Waals surface area contributed by atoms with Crippen LogP contribution in [0.5, 0.6) is 17.2 Å². The third-order valence-electron chi connectivity index (χ3n) is 7.75. The molecule has 1 atom stereocenters. The largest absolute Gasteiger partial charge is 0.507 e. The van der Waals surface area contributed by atoms with Gasteiger partial charge in [0, 0.05) is 35.6 Å². The Morgan fingerprint density at radius 1 is 1.24 bits per heavy atom. The van der Waals surface area contributed by atoms with Crippen molar-refractivity contribution in [3.05, 3.63) is 42.2 Å². The van der Waals surface area contributed by atoms with Crippen LogP contribution in [0.3, 0.4) is 0 Å². The van der Waals surface area contributed by atoms with Gasteiger partial charge in [-0.05, 0) is 64.8 Å². The van der Waals surface area contributed by atoms with Gasteiger partial charge in [0.15, 0.2) is 0 Å². The van der Waals surface area contributed by atoms with Crippen molar-refractivity contribution in [1.82, 2.24) is 5.32 Å². The molecule has 0 spiro atoms. The number of allylic oxidation sites excluding steroid dienone is 2. The molecule has 0 radical (unpaired) electrons. The molecule has 1 aromatic carbocycles. The Hall–Kier alpha value is -3.00. The molecule has 0 aliphatic heterocycles. The maximum absolute atomic E-state index is 12.7. The average molecular weight is 529 g/mol. The zero-order chi connectivity index (χ0) is 27.8. The van der Waals surface area contributed by atoms with E-state index in [4.69, 9.17) is 19.9 Å². The molecule has 0 bridgehead atoms. The SMILES string of the molecule is C=COc1cc(OC(=O)NC(C)(C)CCOC(=O)CC2(CN)CCCCC2)cc(O)c1C1C=C(C)CCC1. The Morgan fingerprint density at radius 2 is 1.97 bits per heavy atom. The molecule has 8 nitrogen and oxygen atoms in total. The number of amides is 1. The van der Waals surface area contributed by atoms with Crippen LogP contribution in [0, 0.1) is 5.41 Å². The zero-order valence-electron chi connectivity index (χ0n) is 23.1. The highest BCUT2D eigenvalue weighted by molar-refractivity contribution is 5.72. The first-order valence-electron chi connectivity index (χ1n) is 13.7. The fourth-order valence-corrected chi connectivity index (χ4v) is 5.55. The van der Waals surface area contributed by atoms with Crippen molar-refractivity contribution in [3.63, 3.8) is 0 Å². The number of nitrogens with two attached hydrogens (primary N) is 1. The molecule has 0 saturated heterocycles. The third kappa shape index (κ3) is 8.25. The number of esters is 1. The molecule has 2 aliphatic rings. The number of hydrogen-bond donors (Lipinski definition) is 3. The lowest BCUT2D eigenvalue weighted by Crippen LogP contribution is -2.45. The molecule has 3 rings (SSSR count). The van der Waals surface area contributed by atoms with Crippen molar-refractivity contribution >= 4 is 12.1 Å². The fraction of sp³-hybridized carbons (Fsp3) is 0.600. The predicted molar refractivity (Wildman–Crippen MR) is 147 cm³/mol. The van der Waals surface area contributed by atoms with Gasteiger partial charge in [-0.25, -0.2) is 4.79 Å². The fourth-order valence-electron chi connectivity index (χ4n) is 5.55. The first kappa shape index (κ1) is 29.6.